The van der Waals surface area contributed by atoms with Crippen LogP contribution in [0.4, 0.5) is 5.69 Å². The first kappa shape index (κ1) is 21.2. The lowest BCUT2D eigenvalue weighted by Gasteiger charge is -2.19. The largest absolute Gasteiger partial charge is 0.491 e. The molecule has 6 heteroatoms. The van der Waals surface area contributed by atoms with E-state index in [2.05, 4.69) is 0 Å². The summed E-state index contributed by atoms with van der Waals surface area (Å²) in [4.78, 5) is 19.6. The van der Waals surface area contributed by atoms with Crippen LogP contribution in [-0.2, 0) is 11.3 Å². The van der Waals surface area contributed by atoms with Crippen molar-refractivity contribution >= 4 is 22.6 Å². The number of aromatic nitrogens is 2. The normalized spacial score (nSPS) is 17.0. The number of ether oxygens (including phenoxy) is 1. The van der Waals surface area contributed by atoms with Crippen LogP contribution in [0.2, 0.25) is 0 Å². The Balaban J connectivity index is 1.39. The van der Waals surface area contributed by atoms with Crippen molar-refractivity contribution in [3.63, 3.8) is 0 Å². The van der Waals surface area contributed by atoms with E-state index in [1.165, 1.54) is 0 Å². The fourth-order valence-electron chi connectivity index (χ4n) is 4.50. The van der Waals surface area contributed by atoms with Crippen LogP contribution in [-0.4, -0.2) is 39.8 Å². The Morgan fingerprint density at radius 2 is 1.85 bits per heavy atom. The molecule has 2 heterocycles. The number of anilines is 1. The fourth-order valence-corrected chi connectivity index (χ4v) is 4.50. The zero-order chi connectivity index (χ0) is 22.8. The van der Waals surface area contributed by atoms with Gasteiger partial charge in [-0.25, -0.2) is 4.98 Å². The van der Waals surface area contributed by atoms with Crippen molar-refractivity contribution in [2.75, 3.05) is 18.1 Å². The van der Waals surface area contributed by atoms with Gasteiger partial charge in [0.05, 0.1) is 17.6 Å². The van der Waals surface area contributed by atoms with E-state index in [4.69, 9.17) is 9.72 Å². The third-order valence-corrected chi connectivity index (χ3v) is 6.07. The van der Waals surface area contributed by atoms with Crippen LogP contribution in [0.1, 0.15) is 23.7 Å². The Labute approximate surface area is 193 Å². The fraction of sp³-hybridized carbons (Fsp3) is 0.259. The van der Waals surface area contributed by atoms with Gasteiger partial charge in [-0.1, -0.05) is 42.5 Å². The second-order valence-corrected chi connectivity index (χ2v) is 8.59. The number of para-hydroxylation sites is 3. The SMILES string of the molecule is Cc1cccc(N2C[C@H](c3nc4ccccc4n3C[C@@H](O)COc3ccccc3)CC2=O)c1. The van der Waals surface area contributed by atoms with Crippen molar-refractivity contribution in [3.8, 4) is 5.75 Å². The molecule has 1 N–H and O–H groups in total. The van der Waals surface area contributed by atoms with Gasteiger partial charge in [-0.3, -0.25) is 4.79 Å². The number of hydrogen-bond donors (Lipinski definition) is 1. The molecular weight excluding hydrogens is 414 g/mol. The lowest BCUT2D eigenvalue weighted by atomic mass is 10.1. The molecule has 1 amide bonds. The highest BCUT2D eigenvalue weighted by Crippen LogP contribution is 2.33. The predicted octanol–water partition coefficient (Wildman–Crippen LogP) is 4.31. The van der Waals surface area contributed by atoms with Gasteiger partial charge in [0.1, 0.15) is 24.3 Å². The van der Waals surface area contributed by atoms with Crippen LogP contribution in [0, 0.1) is 6.92 Å². The molecule has 1 aliphatic rings. The highest BCUT2D eigenvalue weighted by atomic mass is 16.5. The van der Waals surface area contributed by atoms with Gasteiger partial charge in [0.25, 0.3) is 0 Å². The summed E-state index contributed by atoms with van der Waals surface area (Å²) in [5.74, 6) is 1.60. The number of aliphatic hydroxyl groups is 1. The third-order valence-electron chi connectivity index (χ3n) is 6.07. The number of aliphatic hydroxyl groups excluding tert-OH is 1. The molecule has 1 saturated heterocycles. The number of carbonyl (C=O) groups is 1. The first-order valence-corrected chi connectivity index (χ1v) is 11.3. The van der Waals surface area contributed by atoms with Crippen LogP contribution >= 0.6 is 0 Å². The number of hydrogen-bond acceptors (Lipinski definition) is 4. The lowest BCUT2D eigenvalue weighted by molar-refractivity contribution is -0.117. The second-order valence-electron chi connectivity index (χ2n) is 8.59. The maximum atomic E-state index is 12.9. The van der Waals surface area contributed by atoms with Crippen LogP contribution in [0.25, 0.3) is 11.0 Å². The van der Waals surface area contributed by atoms with E-state index in [9.17, 15) is 9.90 Å². The minimum absolute atomic E-state index is 0.0485. The van der Waals surface area contributed by atoms with E-state index in [1.807, 2.05) is 95.3 Å². The summed E-state index contributed by atoms with van der Waals surface area (Å²) in [6.45, 7) is 3.12. The predicted molar refractivity (Wildman–Crippen MR) is 129 cm³/mol. The van der Waals surface area contributed by atoms with E-state index >= 15 is 0 Å². The molecule has 0 aliphatic carbocycles. The molecule has 1 fully saturated rings. The van der Waals surface area contributed by atoms with Gasteiger partial charge in [-0.15, -0.1) is 0 Å². The number of benzene rings is 3. The van der Waals surface area contributed by atoms with Crippen molar-refractivity contribution in [2.45, 2.75) is 31.9 Å². The summed E-state index contributed by atoms with van der Waals surface area (Å²) < 4.78 is 7.80. The monoisotopic (exact) mass is 441 g/mol. The molecule has 1 aliphatic heterocycles. The number of nitrogens with zero attached hydrogens (tertiary/aromatic N) is 3. The van der Waals surface area contributed by atoms with E-state index in [0.717, 1.165) is 33.9 Å². The van der Waals surface area contributed by atoms with Gasteiger partial charge in [0, 0.05) is 24.6 Å². The van der Waals surface area contributed by atoms with Gasteiger partial charge in [0.2, 0.25) is 5.91 Å². The standard InChI is InChI=1S/C27H27N3O3/c1-19-8-7-9-21(14-19)29-16-20(15-26(29)32)27-28-24-12-5-6-13-25(24)30(27)17-22(31)18-33-23-10-3-2-4-11-23/h2-14,20,22,31H,15-18H2,1H3/t20-,22-/m1/s1. The maximum Gasteiger partial charge on any atom is 0.227 e. The van der Waals surface area contributed by atoms with Crippen LogP contribution in [0.3, 0.4) is 0 Å². The molecule has 1 aromatic heterocycles. The Hall–Kier alpha value is -3.64. The average Bonchev–Trinajstić information content (AvgIpc) is 3.39. The number of amides is 1. The topological polar surface area (TPSA) is 67.6 Å². The molecule has 3 aromatic carbocycles. The molecule has 0 unspecified atom stereocenters. The van der Waals surface area contributed by atoms with Crippen LogP contribution in [0.5, 0.6) is 5.75 Å². The molecule has 168 valence electrons. The summed E-state index contributed by atoms with van der Waals surface area (Å²) in [7, 11) is 0. The molecule has 2 atom stereocenters. The number of aryl methyl sites for hydroxylation is 1. The van der Waals surface area contributed by atoms with Crippen molar-refractivity contribution in [1.82, 2.24) is 9.55 Å². The van der Waals surface area contributed by atoms with Crippen LogP contribution in [0.15, 0.2) is 78.9 Å². The first-order chi connectivity index (χ1) is 16.1. The van der Waals surface area contributed by atoms with Gasteiger partial charge < -0.3 is 19.3 Å². The van der Waals surface area contributed by atoms with Crippen molar-refractivity contribution in [3.05, 3.63) is 90.3 Å². The molecule has 0 spiro atoms. The highest BCUT2D eigenvalue weighted by Gasteiger charge is 2.35. The van der Waals surface area contributed by atoms with Crippen molar-refractivity contribution in [1.29, 1.82) is 0 Å². The number of fused-ring (bicyclic) bond motifs is 1. The first-order valence-electron chi connectivity index (χ1n) is 11.3. The van der Waals surface area contributed by atoms with E-state index in [-0.39, 0.29) is 18.4 Å². The van der Waals surface area contributed by atoms with Gasteiger partial charge >= 0.3 is 0 Å². The zero-order valence-electron chi connectivity index (χ0n) is 18.6. The third kappa shape index (κ3) is 4.47. The molecule has 4 aromatic rings. The molecule has 0 saturated carbocycles. The minimum atomic E-state index is -0.716. The Morgan fingerprint density at radius 1 is 1.06 bits per heavy atom. The molecule has 6 nitrogen and oxygen atoms in total. The lowest BCUT2D eigenvalue weighted by Crippen LogP contribution is -2.26. The summed E-state index contributed by atoms with van der Waals surface area (Å²) in [5, 5.41) is 10.8. The second kappa shape index (κ2) is 9.08. The molecule has 5 rings (SSSR count). The Kier molecular flexibility index (Phi) is 5.84. The summed E-state index contributed by atoms with van der Waals surface area (Å²) in [5.41, 5.74) is 3.86. The van der Waals surface area contributed by atoms with Crippen LogP contribution < -0.4 is 9.64 Å². The Morgan fingerprint density at radius 3 is 2.67 bits per heavy atom. The van der Waals surface area contributed by atoms with Crippen molar-refractivity contribution in [2.24, 2.45) is 0 Å². The number of rotatable bonds is 7. The van der Waals surface area contributed by atoms with E-state index in [1.54, 1.807) is 0 Å². The summed E-state index contributed by atoms with van der Waals surface area (Å²) >= 11 is 0. The van der Waals surface area contributed by atoms with Gasteiger partial charge in [0.15, 0.2) is 0 Å². The highest BCUT2D eigenvalue weighted by molar-refractivity contribution is 5.96. The Bertz CT molecular complexity index is 1270. The molecule has 0 bridgehead atoms. The molecule has 33 heavy (non-hydrogen) atoms. The van der Waals surface area contributed by atoms with Crippen molar-refractivity contribution < 1.29 is 14.6 Å². The molecule has 0 radical (unpaired) electrons. The van der Waals surface area contributed by atoms with Gasteiger partial charge in [-0.2, -0.15) is 0 Å². The van der Waals surface area contributed by atoms with E-state index < -0.39 is 6.10 Å². The zero-order valence-corrected chi connectivity index (χ0v) is 18.6. The number of imidazole rings is 1. The minimum Gasteiger partial charge on any atom is -0.491 e. The quantitative estimate of drug-likeness (QED) is 0.464. The van der Waals surface area contributed by atoms with Gasteiger partial charge in [-0.05, 0) is 48.9 Å². The molecular formula is C27H27N3O3. The summed E-state index contributed by atoms with van der Waals surface area (Å²) in [6, 6.07) is 25.4. The summed E-state index contributed by atoms with van der Waals surface area (Å²) in [6.07, 6.45) is -0.319. The maximum absolute atomic E-state index is 12.9. The average molecular weight is 442 g/mol. The smallest absolute Gasteiger partial charge is 0.227 e. The van der Waals surface area contributed by atoms with E-state index in [0.29, 0.717) is 19.5 Å². The number of carbonyl (C=O) groups excluding carboxylic acids is 1.